The van der Waals surface area contributed by atoms with Crippen LogP contribution in [-0.4, -0.2) is 43.0 Å². The first-order valence-corrected chi connectivity index (χ1v) is 12.0. The second-order valence-electron chi connectivity index (χ2n) is 8.00. The van der Waals surface area contributed by atoms with E-state index in [1.165, 1.54) is 13.0 Å². The Labute approximate surface area is 192 Å². The molecule has 3 N–H and O–H groups in total. The number of amides is 2. The largest absolute Gasteiger partial charge is 0.312 e. The number of aryl methyl sites for hydroxylation is 1. The van der Waals surface area contributed by atoms with E-state index >= 15 is 0 Å². The Morgan fingerprint density at radius 1 is 1.15 bits per heavy atom. The highest BCUT2D eigenvalue weighted by molar-refractivity contribution is 7.89. The van der Waals surface area contributed by atoms with Crippen molar-refractivity contribution < 1.29 is 18.0 Å². The van der Waals surface area contributed by atoms with E-state index in [1.807, 2.05) is 30.3 Å². The van der Waals surface area contributed by atoms with Crippen LogP contribution in [0.1, 0.15) is 23.7 Å². The lowest BCUT2D eigenvalue weighted by molar-refractivity contribution is -0.118. The van der Waals surface area contributed by atoms with E-state index < -0.39 is 22.0 Å². The van der Waals surface area contributed by atoms with E-state index in [9.17, 15) is 18.0 Å². The number of anilines is 2. The minimum atomic E-state index is -4.01. The standard InChI is InChI=1S/C23H25N5O4S/c1-15-12-22(26-25-15)24-23(30)20(13-17-6-4-3-5-7-17)27-33(31,32)19-8-9-21-18(14-19)10-11-28(21)16(2)29/h3-9,12,14,20,27H,10-11,13H2,1-2H3,(H2,24,25,26,30). The van der Waals surface area contributed by atoms with E-state index in [0.29, 0.717) is 24.5 Å². The van der Waals surface area contributed by atoms with Gasteiger partial charge in [0.15, 0.2) is 5.82 Å². The molecular weight excluding hydrogens is 442 g/mol. The highest BCUT2D eigenvalue weighted by atomic mass is 32.2. The SMILES string of the molecule is CC(=O)N1CCc2cc(S(=O)(=O)NC(Cc3ccccc3)C(=O)Nc3cc(C)[nH]n3)ccc21. The lowest BCUT2D eigenvalue weighted by Crippen LogP contribution is -2.45. The van der Waals surface area contributed by atoms with Crippen LogP contribution in [0.4, 0.5) is 11.5 Å². The number of aromatic nitrogens is 2. The van der Waals surface area contributed by atoms with Crippen molar-refractivity contribution in [1.82, 2.24) is 14.9 Å². The van der Waals surface area contributed by atoms with Crippen LogP contribution < -0.4 is 14.9 Å². The van der Waals surface area contributed by atoms with Crippen LogP contribution in [0, 0.1) is 6.92 Å². The maximum Gasteiger partial charge on any atom is 0.244 e. The van der Waals surface area contributed by atoms with Crippen molar-refractivity contribution in [2.24, 2.45) is 0 Å². The fourth-order valence-corrected chi connectivity index (χ4v) is 5.11. The third-order valence-corrected chi connectivity index (χ3v) is 6.96. The van der Waals surface area contributed by atoms with Crippen LogP contribution in [0.25, 0.3) is 0 Å². The Kier molecular flexibility index (Phi) is 6.30. The number of carbonyl (C=O) groups excluding carboxylic acids is 2. The number of sulfonamides is 1. The molecule has 10 heteroatoms. The van der Waals surface area contributed by atoms with Crippen LogP contribution in [0.5, 0.6) is 0 Å². The van der Waals surface area contributed by atoms with Crippen molar-refractivity contribution in [3.63, 3.8) is 0 Å². The predicted octanol–water partition coefficient (Wildman–Crippen LogP) is 2.16. The smallest absolute Gasteiger partial charge is 0.244 e. The Morgan fingerprint density at radius 2 is 1.91 bits per heavy atom. The van der Waals surface area contributed by atoms with Crippen LogP contribution in [0.2, 0.25) is 0 Å². The highest BCUT2D eigenvalue weighted by Gasteiger charge is 2.29. The molecule has 1 aliphatic rings. The number of H-pyrrole nitrogens is 1. The quantitative estimate of drug-likeness (QED) is 0.491. The van der Waals surface area contributed by atoms with Gasteiger partial charge in [0.25, 0.3) is 0 Å². The average molecular weight is 468 g/mol. The van der Waals surface area contributed by atoms with Gasteiger partial charge in [-0.1, -0.05) is 30.3 Å². The minimum Gasteiger partial charge on any atom is -0.312 e. The van der Waals surface area contributed by atoms with Gasteiger partial charge in [-0.15, -0.1) is 0 Å². The molecular formula is C23H25N5O4S. The fourth-order valence-electron chi connectivity index (χ4n) is 3.86. The summed E-state index contributed by atoms with van der Waals surface area (Å²) in [6.45, 7) is 3.80. The van der Waals surface area contributed by atoms with Gasteiger partial charge in [0.2, 0.25) is 21.8 Å². The lowest BCUT2D eigenvalue weighted by Gasteiger charge is -2.19. The monoisotopic (exact) mass is 467 g/mol. The highest BCUT2D eigenvalue weighted by Crippen LogP contribution is 2.30. The molecule has 0 bridgehead atoms. The molecule has 1 atom stereocenters. The molecule has 33 heavy (non-hydrogen) atoms. The average Bonchev–Trinajstić information content (AvgIpc) is 3.39. The normalized spacial score (nSPS) is 14.1. The summed E-state index contributed by atoms with van der Waals surface area (Å²) in [5.74, 6) is -0.287. The van der Waals surface area contributed by atoms with Crippen molar-refractivity contribution >= 4 is 33.3 Å². The molecule has 9 nitrogen and oxygen atoms in total. The number of rotatable bonds is 7. The maximum absolute atomic E-state index is 13.2. The molecule has 172 valence electrons. The molecule has 1 unspecified atom stereocenters. The van der Waals surface area contributed by atoms with Crippen LogP contribution >= 0.6 is 0 Å². The topological polar surface area (TPSA) is 124 Å². The van der Waals surface area contributed by atoms with Crippen molar-refractivity contribution in [2.75, 3.05) is 16.8 Å². The van der Waals surface area contributed by atoms with Crippen molar-refractivity contribution in [2.45, 2.75) is 37.6 Å². The van der Waals surface area contributed by atoms with Crippen molar-refractivity contribution in [1.29, 1.82) is 0 Å². The molecule has 0 aliphatic carbocycles. The molecule has 1 aromatic heterocycles. The third-order valence-electron chi connectivity index (χ3n) is 5.49. The molecule has 2 amide bonds. The Hall–Kier alpha value is -3.50. The van der Waals surface area contributed by atoms with Crippen LogP contribution in [-0.2, 0) is 32.5 Å². The molecule has 0 saturated carbocycles. The summed E-state index contributed by atoms with van der Waals surface area (Å²) in [5.41, 5.74) is 3.07. The van der Waals surface area contributed by atoms with Crippen LogP contribution in [0.3, 0.4) is 0 Å². The second kappa shape index (κ2) is 9.16. The summed E-state index contributed by atoms with van der Waals surface area (Å²) < 4.78 is 29.0. The van der Waals surface area contributed by atoms with Gasteiger partial charge in [-0.25, -0.2) is 8.42 Å². The van der Waals surface area contributed by atoms with Gasteiger partial charge in [-0.2, -0.15) is 9.82 Å². The van der Waals surface area contributed by atoms with E-state index in [4.69, 9.17) is 0 Å². The molecule has 3 aromatic rings. The molecule has 2 aromatic carbocycles. The molecule has 0 fully saturated rings. The Bertz CT molecular complexity index is 1290. The number of fused-ring (bicyclic) bond motifs is 1. The second-order valence-corrected chi connectivity index (χ2v) is 9.71. The van der Waals surface area contributed by atoms with Gasteiger partial charge in [-0.3, -0.25) is 14.7 Å². The Balaban J connectivity index is 1.59. The van der Waals surface area contributed by atoms with Crippen LogP contribution in [0.15, 0.2) is 59.5 Å². The van der Waals surface area contributed by atoms with E-state index in [2.05, 4.69) is 20.2 Å². The number of benzene rings is 2. The zero-order valence-corrected chi connectivity index (χ0v) is 19.1. The first-order valence-electron chi connectivity index (χ1n) is 10.5. The summed E-state index contributed by atoms with van der Waals surface area (Å²) in [5, 5.41) is 9.40. The van der Waals surface area contributed by atoms with Gasteiger partial charge in [0, 0.05) is 30.9 Å². The zero-order valence-electron chi connectivity index (χ0n) is 18.3. The molecule has 0 saturated heterocycles. The predicted molar refractivity (Wildman–Crippen MR) is 124 cm³/mol. The summed E-state index contributed by atoms with van der Waals surface area (Å²) in [4.78, 5) is 26.5. The first kappa shape index (κ1) is 22.7. The molecule has 0 spiro atoms. The van der Waals surface area contributed by atoms with Gasteiger partial charge in [0.05, 0.1) is 4.90 Å². The number of nitrogens with one attached hydrogen (secondary N) is 3. The molecule has 2 heterocycles. The zero-order chi connectivity index (χ0) is 23.6. The van der Waals surface area contributed by atoms with Gasteiger partial charge in [-0.05, 0) is 49.1 Å². The van der Waals surface area contributed by atoms with Gasteiger partial charge < -0.3 is 10.2 Å². The first-order chi connectivity index (χ1) is 15.7. The summed E-state index contributed by atoms with van der Waals surface area (Å²) in [6, 6.07) is 14.4. The summed E-state index contributed by atoms with van der Waals surface area (Å²) >= 11 is 0. The summed E-state index contributed by atoms with van der Waals surface area (Å²) in [6.07, 6.45) is 0.739. The Morgan fingerprint density at radius 3 is 2.58 bits per heavy atom. The fraction of sp³-hybridized carbons (Fsp3) is 0.261. The van der Waals surface area contributed by atoms with Gasteiger partial charge >= 0.3 is 0 Å². The van der Waals surface area contributed by atoms with Gasteiger partial charge in [0.1, 0.15) is 6.04 Å². The molecule has 0 radical (unpaired) electrons. The number of hydrogen-bond donors (Lipinski definition) is 3. The van der Waals surface area contributed by atoms with E-state index in [1.54, 1.807) is 30.0 Å². The minimum absolute atomic E-state index is 0.0492. The molecule has 1 aliphatic heterocycles. The third kappa shape index (κ3) is 5.12. The number of hydrogen-bond acceptors (Lipinski definition) is 5. The number of aromatic amines is 1. The number of carbonyl (C=O) groups is 2. The summed E-state index contributed by atoms with van der Waals surface area (Å²) in [7, 11) is -4.01. The lowest BCUT2D eigenvalue weighted by atomic mass is 10.1. The number of nitrogens with zero attached hydrogens (tertiary/aromatic N) is 2. The van der Waals surface area contributed by atoms with E-state index in [0.717, 1.165) is 16.8 Å². The molecule has 4 rings (SSSR count). The van der Waals surface area contributed by atoms with Crippen molar-refractivity contribution in [3.8, 4) is 0 Å². The van der Waals surface area contributed by atoms with Crippen molar-refractivity contribution in [3.05, 3.63) is 71.4 Å². The maximum atomic E-state index is 13.2. The van der Waals surface area contributed by atoms with E-state index in [-0.39, 0.29) is 17.2 Å².